The molecule has 0 aliphatic heterocycles. The predicted molar refractivity (Wildman–Crippen MR) is 62.8 cm³/mol. The lowest BCUT2D eigenvalue weighted by molar-refractivity contribution is -0.196. The first kappa shape index (κ1) is 17.7. The quantitative estimate of drug-likeness (QED) is 0.642. The number of nitrogens with zero attached hydrogens (tertiary/aromatic N) is 1. The van der Waals surface area contributed by atoms with Crippen LogP contribution in [0.4, 0.5) is 13.2 Å². The van der Waals surface area contributed by atoms with Crippen molar-refractivity contribution in [2.75, 3.05) is 25.4 Å². The Hall–Kier alpha value is -0.340. The maximum absolute atomic E-state index is 12.6. The lowest BCUT2D eigenvalue weighted by atomic mass is 10.2. The Morgan fingerprint density at radius 1 is 1.17 bits per heavy atom. The van der Waals surface area contributed by atoms with Gasteiger partial charge in [-0.15, -0.1) is 0 Å². The van der Waals surface area contributed by atoms with E-state index in [4.69, 9.17) is 0 Å². The molecule has 0 aliphatic rings. The van der Waals surface area contributed by atoms with E-state index in [1.807, 2.05) is 13.8 Å². The van der Waals surface area contributed by atoms with E-state index in [-0.39, 0.29) is 13.0 Å². The minimum Gasteiger partial charge on any atom is -0.304 e. The van der Waals surface area contributed by atoms with Crippen molar-refractivity contribution in [1.29, 1.82) is 0 Å². The van der Waals surface area contributed by atoms with Crippen LogP contribution >= 0.6 is 0 Å². The van der Waals surface area contributed by atoms with Crippen LogP contribution in [0.5, 0.6) is 0 Å². The first-order chi connectivity index (χ1) is 8.16. The fourth-order valence-electron chi connectivity index (χ4n) is 1.35. The molecule has 0 saturated heterocycles. The smallest absolute Gasteiger partial charge is 0.304 e. The number of alkyl halides is 3. The third-order valence-electron chi connectivity index (χ3n) is 2.58. The van der Waals surface area contributed by atoms with Gasteiger partial charge < -0.3 is 4.90 Å². The van der Waals surface area contributed by atoms with E-state index in [1.54, 1.807) is 4.90 Å². The molecule has 0 heterocycles. The zero-order valence-corrected chi connectivity index (χ0v) is 11.6. The molecule has 1 atom stereocenters. The Labute approximate surface area is 106 Å². The summed E-state index contributed by atoms with van der Waals surface area (Å²) in [5.74, 6) is -0.467. The first-order valence-electron chi connectivity index (χ1n) is 5.86. The van der Waals surface area contributed by atoms with Gasteiger partial charge in [-0.25, -0.2) is 0 Å². The van der Waals surface area contributed by atoms with Gasteiger partial charge in [-0.2, -0.15) is 21.6 Å². The molecule has 110 valence electrons. The van der Waals surface area contributed by atoms with Gasteiger partial charge in [0.1, 0.15) is 0 Å². The lowest BCUT2D eigenvalue weighted by Gasteiger charge is -2.24. The van der Waals surface area contributed by atoms with Crippen LogP contribution in [0.3, 0.4) is 0 Å². The second-order valence-corrected chi connectivity index (χ2v) is 5.67. The van der Waals surface area contributed by atoms with Gasteiger partial charge in [-0.3, -0.25) is 4.18 Å². The summed E-state index contributed by atoms with van der Waals surface area (Å²) in [5.41, 5.74) is 0. The fraction of sp³-hybridized carbons (Fsp3) is 1.00. The van der Waals surface area contributed by atoms with Gasteiger partial charge in [0.05, 0.1) is 5.75 Å². The second kappa shape index (κ2) is 7.30. The largest absolute Gasteiger partial charge is 0.416 e. The van der Waals surface area contributed by atoms with Gasteiger partial charge in [-0.05, 0) is 26.4 Å². The average molecular weight is 291 g/mol. The molecule has 4 nitrogen and oxygen atoms in total. The van der Waals surface area contributed by atoms with Crippen molar-refractivity contribution in [3.8, 4) is 0 Å². The Morgan fingerprint density at radius 3 is 2.00 bits per heavy atom. The summed E-state index contributed by atoms with van der Waals surface area (Å²) in [6.45, 7) is 6.28. The summed E-state index contributed by atoms with van der Waals surface area (Å²) in [5, 5.41) is 0. The van der Waals surface area contributed by atoms with Crippen molar-refractivity contribution in [3.05, 3.63) is 0 Å². The van der Waals surface area contributed by atoms with Crippen molar-refractivity contribution in [1.82, 2.24) is 4.90 Å². The van der Waals surface area contributed by atoms with E-state index in [9.17, 15) is 21.6 Å². The molecule has 0 aliphatic carbocycles. The highest BCUT2D eigenvalue weighted by molar-refractivity contribution is 7.86. The molecule has 0 rings (SSSR count). The van der Waals surface area contributed by atoms with Crippen LogP contribution in [-0.2, 0) is 14.3 Å². The summed E-state index contributed by atoms with van der Waals surface area (Å²) in [4.78, 5) is 1.78. The maximum Gasteiger partial charge on any atom is 0.416 e. The number of halogens is 3. The van der Waals surface area contributed by atoms with Gasteiger partial charge in [-0.1, -0.05) is 13.8 Å². The molecule has 8 heteroatoms. The molecule has 0 fully saturated rings. The fourth-order valence-corrected chi connectivity index (χ4v) is 2.05. The van der Waals surface area contributed by atoms with Crippen molar-refractivity contribution in [2.24, 2.45) is 0 Å². The minimum atomic E-state index is -4.67. The van der Waals surface area contributed by atoms with E-state index < -0.39 is 28.2 Å². The Morgan fingerprint density at radius 2 is 1.67 bits per heavy atom. The third kappa shape index (κ3) is 6.55. The SMILES string of the molecule is CCN(CC)CC[C@@H](OS(=O)(=O)CC)C(F)(F)F. The zero-order valence-electron chi connectivity index (χ0n) is 10.8. The average Bonchev–Trinajstić information content (AvgIpc) is 2.27. The van der Waals surface area contributed by atoms with Gasteiger partial charge in [0.25, 0.3) is 10.1 Å². The molecule has 0 aromatic carbocycles. The highest BCUT2D eigenvalue weighted by Gasteiger charge is 2.43. The Kier molecular flexibility index (Phi) is 7.16. The molecule has 0 unspecified atom stereocenters. The number of hydrogen-bond donors (Lipinski definition) is 0. The molecule has 0 saturated carbocycles. The first-order valence-corrected chi connectivity index (χ1v) is 7.44. The molecule has 18 heavy (non-hydrogen) atoms. The van der Waals surface area contributed by atoms with Crippen molar-refractivity contribution >= 4 is 10.1 Å². The molecule has 0 aromatic rings. The molecule has 0 spiro atoms. The minimum absolute atomic E-state index is 0.149. The highest BCUT2D eigenvalue weighted by Crippen LogP contribution is 2.27. The summed E-state index contributed by atoms with van der Waals surface area (Å²) < 4.78 is 64.3. The van der Waals surface area contributed by atoms with Gasteiger partial charge >= 0.3 is 6.18 Å². The summed E-state index contributed by atoms with van der Waals surface area (Å²) in [6.07, 6.45) is -7.32. The van der Waals surface area contributed by atoms with Crippen LogP contribution in [0.25, 0.3) is 0 Å². The molecule has 0 N–H and O–H groups in total. The van der Waals surface area contributed by atoms with Crippen molar-refractivity contribution in [3.63, 3.8) is 0 Å². The lowest BCUT2D eigenvalue weighted by Crippen LogP contribution is -2.38. The standard InChI is InChI=1S/C10H20F3NO3S/c1-4-14(5-2)8-7-9(10(11,12)13)17-18(15,16)6-3/h9H,4-8H2,1-3H3/t9-/m1/s1. The van der Waals surface area contributed by atoms with Gasteiger partial charge in [0, 0.05) is 6.54 Å². The predicted octanol–water partition coefficient (Wildman–Crippen LogP) is 2.02. The van der Waals surface area contributed by atoms with Crippen LogP contribution in [-0.4, -0.2) is 51.0 Å². The molecule has 0 aromatic heterocycles. The normalized spacial score (nSPS) is 15.1. The number of rotatable bonds is 8. The molecule has 0 radical (unpaired) electrons. The summed E-state index contributed by atoms with van der Waals surface area (Å²) in [6, 6.07) is 0. The highest BCUT2D eigenvalue weighted by atomic mass is 32.2. The summed E-state index contributed by atoms with van der Waals surface area (Å²) in [7, 11) is -4.10. The second-order valence-electron chi connectivity index (χ2n) is 3.79. The molecular formula is C10H20F3NO3S. The molecule has 0 bridgehead atoms. The Balaban J connectivity index is 4.62. The van der Waals surface area contributed by atoms with Crippen LogP contribution in [0.2, 0.25) is 0 Å². The van der Waals surface area contributed by atoms with Gasteiger partial charge in [0.2, 0.25) is 0 Å². The van der Waals surface area contributed by atoms with E-state index >= 15 is 0 Å². The van der Waals surface area contributed by atoms with E-state index in [2.05, 4.69) is 4.18 Å². The molecule has 0 amide bonds. The monoisotopic (exact) mass is 291 g/mol. The Bertz CT molecular complexity index is 326. The van der Waals surface area contributed by atoms with Crippen molar-refractivity contribution < 1.29 is 25.8 Å². The maximum atomic E-state index is 12.6. The topological polar surface area (TPSA) is 46.6 Å². The van der Waals surface area contributed by atoms with Gasteiger partial charge in [0.15, 0.2) is 6.10 Å². The number of hydrogen-bond acceptors (Lipinski definition) is 4. The third-order valence-corrected chi connectivity index (χ3v) is 3.82. The van der Waals surface area contributed by atoms with Crippen LogP contribution < -0.4 is 0 Å². The van der Waals surface area contributed by atoms with E-state index in [0.29, 0.717) is 13.1 Å². The van der Waals surface area contributed by atoms with E-state index in [0.717, 1.165) is 0 Å². The van der Waals surface area contributed by atoms with Crippen LogP contribution in [0, 0.1) is 0 Å². The van der Waals surface area contributed by atoms with E-state index in [1.165, 1.54) is 6.92 Å². The van der Waals surface area contributed by atoms with Crippen molar-refractivity contribution in [2.45, 2.75) is 39.5 Å². The summed E-state index contributed by atoms with van der Waals surface area (Å²) >= 11 is 0. The van der Waals surface area contributed by atoms with Crippen LogP contribution in [0.15, 0.2) is 0 Å². The van der Waals surface area contributed by atoms with Crippen LogP contribution in [0.1, 0.15) is 27.2 Å². The molecular weight excluding hydrogens is 271 g/mol. The zero-order chi connectivity index (χ0) is 14.4.